The van der Waals surface area contributed by atoms with Crippen molar-refractivity contribution in [3.8, 4) is 0 Å². The van der Waals surface area contributed by atoms with E-state index in [1.807, 2.05) is 0 Å². The molecule has 0 radical (unpaired) electrons. The number of carboxylic acid groups (broad SMARTS) is 1. The highest BCUT2D eigenvalue weighted by molar-refractivity contribution is 8.26. The molecule has 2 aliphatic heterocycles. The molecule has 1 fully saturated rings. The standard InChI is InChI=1S/C20H19F2NO4S2/c21-12-5-7-14(15(22)10-12)16-8-6-13(27-16)11-17-19(26)23(20(28)29-17)9-3-1-2-4-18(24)25/h5,7-8,10-11,13H,1-4,6,9H2,(H,24,25)/b17-11-. The Morgan fingerprint density at radius 2 is 2.14 bits per heavy atom. The third-order valence-corrected chi connectivity index (χ3v) is 5.89. The van der Waals surface area contributed by atoms with Gasteiger partial charge in [0.25, 0.3) is 5.91 Å². The van der Waals surface area contributed by atoms with Gasteiger partial charge in [0.15, 0.2) is 0 Å². The molecule has 0 spiro atoms. The van der Waals surface area contributed by atoms with Crippen LogP contribution in [0.3, 0.4) is 0 Å². The predicted octanol–water partition coefficient (Wildman–Crippen LogP) is 4.48. The monoisotopic (exact) mass is 439 g/mol. The summed E-state index contributed by atoms with van der Waals surface area (Å²) in [7, 11) is 0. The number of ether oxygens (including phenoxy) is 1. The van der Waals surface area contributed by atoms with Gasteiger partial charge < -0.3 is 9.84 Å². The van der Waals surface area contributed by atoms with Crippen molar-refractivity contribution in [2.24, 2.45) is 0 Å². The Balaban J connectivity index is 1.55. The number of hydrogen-bond acceptors (Lipinski definition) is 5. The molecule has 0 bridgehead atoms. The molecule has 154 valence electrons. The normalized spacial score (nSPS) is 20.3. The van der Waals surface area contributed by atoms with Crippen LogP contribution in [0, 0.1) is 11.6 Å². The molecule has 1 amide bonds. The van der Waals surface area contributed by atoms with Gasteiger partial charge >= 0.3 is 5.97 Å². The second kappa shape index (κ2) is 9.49. The summed E-state index contributed by atoms with van der Waals surface area (Å²) in [5.74, 6) is -2.08. The van der Waals surface area contributed by atoms with Gasteiger partial charge in [0.05, 0.1) is 10.5 Å². The number of benzene rings is 1. The summed E-state index contributed by atoms with van der Waals surface area (Å²) in [6, 6.07) is 3.29. The third-order valence-electron chi connectivity index (χ3n) is 4.49. The van der Waals surface area contributed by atoms with Crippen molar-refractivity contribution in [3.05, 3.63) is 52.5 Å². The van der Waals surface area contributed by atoms with Gasteiger partial charge in [-0.3, -0.25) is 14.5 Å². The van der Waals surface area contributed by atoms with E-state index in [0.717, 1.165) is 12.1 Å². The van der Waals surface area contributed by atoms with Crippen LogP contribution in [0.15, 0.2) is 35.3 Å². The third kappa shape index (κ3) is 5.42. The molecule has 0 saturated carbocycles. The molecule has 2 heterocycles. The quantitative estimate of drug-likeness (QED) is 0.366. The average molecular weight is 440 g/mol. The van der Waals surface area contributed by atoms with Crippen LogP contribution in [-0.4, -0.2) is 38.9 Å². The summed E-state index contributed by atoms with van der Waals surface area (Å²) in [5, 5.41) is 8.65. The van der Waals surface area contributed by atoms with Gasteiger partial charge in [0.2, 0.25) is 0 Å². The highest BCUT2D eigenvalue weighted by Crippen LogP contribution is 2.35. The van der Waals surface area contributed by atoms with E-state index in [0.29, 0.717) is 47.2 Å². The van der Waals surface area contributed by atoms with Gasteiger partial charge in [-0.25, -0.2) is 8.78 Å². The Hall–Kier alpha value is -2.26. The van der Waals surface area contributed by atoms with Crippen LogP contribution in [0.25, 0.3) is 5.76 Å². The zero-order valence-corrected chi connectivity index (χ0v) is 17.0. The summed E-state index contributed by atoms with van der Waals surface area (Å²) >= 11 is 6.47. The molecule has 9 heteroatoms. The van der Waals surface area contributed by atoms with Crippen molar-refractivity contribution in [1.29, 1.82) is 0 Å². The number of carboxylic acids is 1. The van der Waals surface area contributed by atoms with E-state index < -0.39 is 23.7 Å². The van der Waals surface area contributed by atoms with E-state index in [1.54, 1.807) is 12.2 Å². The molecule has 1 saturated heterocycles. The zero-order valence-electron chi connectivity index (χ0n) is 15.4. The first-order valence-electron chi connectivity index (χ1n) is 9.14. The van der Waals surface area contributed by atoms with Gasteiger partial charge in [-0.05, 0) is 37.1 Å². The van der Waals surface area contributed by atoms with Crippen molar-refractivity contribution in [2.75, 3.05) is 6.54 Å². The number of thiocarbonyl (C=S) groups is 1. The van der Waals surface area contributed by atoms with Crippen LogP contribution < -0.4 is 0 Å². The summed E-state index contributed by atoms with van der Waals surface area (Å²) < 4.78 is 33.2. The first-order valence-corrected chi connectivity index (χ1v) is 10.4. The number of unbranched alkanes of at least 4 members (excludes halogenated alkanes) is 2. The second-order valence-corrected chi connectivity index (χ2v) is 8.32. The smallest absolute Gasteiger partial charge is 0.303 e. The largest absolute Gasteiger partial charge is 0.486 e. The number of rotatable bonds is 8. The molecule has 1 aromatic carbocycles. The molecule has 2 aliphatic rings. The Morgan fingerprint density at radius 3 is 2.86 bits per heavy atom. The van der Waals surface area contributed by atoms with E-state index in [-0.39, 0.29) is 17.9 Å². The van der Waals surface area contributed by atoms with Crippen molar-refractivity contribution in [2.45, 2.75) is 38.2 Å². The number of carbonyl (C=O) groups excluding carboxylic acids is 1. The molecule has 3 rings (SSSR count). The number of aliphatic carboxylic acids is 1. The van der Waals surface area contributed by atoms with E-state index >= 15 is 0 Å². The summed E-state index contributed by atoms with van der Waals surface area (Å²) in [6.07, 6.45) is 5.46. The Morgan fingerprint density at radius 1 is 1.34 bits per heavy atom. The van der Waals surface area contributed by atoms with E-state index in [1.165, 1.54) is 22.7 Å². The van der Waals surface area contributed by atoms with Crippen LogP contribution in [-0.2, 0) is 14.3 Å². The van der Waals surface area contributed by atoms with Crippen LogP contribution >= 0.6 is 24.0 Å². The summed E-state index contributed by atoms with van der Waals surface area (Å²) in [4.78, 5) is 25.1. The second-order valence-electron chi connectivity index (χ2n) is 6.64. The Bertz CT molecular complexity index is 900. The topological polar surface area (TPSA) is 66.8 Å². The van der Waals surface area contributed by atoms with Gasteiger partial charge in [-0.2, -0.15) is 0 Å². The lowest BCUT2D eigenvalue weighted by molar-refractivity contribution is -0.137. The van der Waals surface area contributed by atoms with Crippen molar-refractivity contribution in [3.63, 3.8) is 0 Å². The minimum absolute atomic E-state index is 0.112. The van der Waals surface area contributed by atoms with Crippen molar-refractivity contribution in [1.82, 2.24) is 4.90 Å². The predicted molar refractivity (Wildman–Crippen MR) is 110 cm³/mol. The SMILES string of the molecule is O=C(O)CCCCCN1C(=O)/C(=C/C2CC=C(c3ccc(F)cc3F)O2)SC1=S. The lowest BCUT2D eigenvalue weighted by Crippen LogP contribution is -2.29. The van der Waals surface area contributed by atoms with Crippen LogP contribution in [0.2, 0.25) is 0 Å². The molecule has 0 aromatic heterocycles. The van der Waals surface area contributed by atoms with Crippen LogP contribution in [0.5, 0.6) is 0 Å². The zero-order chi connectivity index (χ0) is 21.0. The minimum atomic E-state index is -0.830. The maximum absolute atomic E-state index is 13.9. The maximum atomic E-state index is 13.9. The molecule has 1 N–H and O–H groups in total. The Labute approximate surface area is 176 Å². The fourth-order valence-corrected chi connectivity index (χ4v) is 4.38. The fourth-order valence-electron chi connectivity index (χ4n) is 3.05. The summed E-state index contributed by atoms with van der Waals surface area (Å²) in [6.45, 7) is 0.442. The van der Waals surface area contributed by atoms with Crippen LogP contribution in [0.4, 0.5) is 8.78 Å². The van der Waals surface area contributed by atoms with E-state index in [4.69, 9.17) is 22.1 Å². The molecule has 1 unspecified atom stereocenters. The Kier molecular flexibility index (Phi) is 7.02. The number of amides is 1. The minimum Gasteiger partial charge on any atom is -0.486 e. The van der Waals surface area contributed by atoms with Crippen LogP contribution in [0.1, 0.15) is 37.7 Å². The molecule has 29 heavy (non-hydrogen) atoms. The number of thioether (sulfide) groups is 1. The molecule has 0 aliphatic carbocycles. The number of nitrogens with zero attached hydrogens (tertiary/aromatic N) is 1. The molecule has 1 atom stereocenters. The highest BCUT2D eigenvalue weighted by atomic mass is 32.2. The first kappa shape index (κ1) is 21.4. The average Bonchev–Trinajstić information content (AvgIpc) is 3.21. The summed E-state index contributed by atoms with van der Waals surface area (Å²) in [5.41, 5.74) is 0.177. The van der Waals surface area contributed by atoms with Gasteiger partial charge in [-0.15, -0.1) is 0 Å². The number of halogens is 2. The highest BCUT2D eigenvalue weighted by Gasteiger charge is 2.33. The lowest BCUT2D eigenvalue weighted by Gasteiger charge is -2.14. The number of carbonyl (C=O) groups is 2. The molecule has 1 aromatic rings. The van der Waals surface area contributed by atoms with Gasteiger partial charge in [-0.1, -0.05) is 30.4 Å². The molecular weight excluding hydrogens is 420 g/mol. The fraction of sp³-hybridized carbons (Fsp3) is 0.350. The molecular formula is C20H19F2NO4S2. The van der Waals surface area contributed by atoms with Crippen molar-refractivity contribution < 1.29 is 28.2 Å². The van der Waals surface area contributed by atoms with E-state index in [9.17, 15) is 18.4 Å². The van der Waals surface area contributed by atoms with Gasteiger partial charge in [0.1, 0.15) is 27.8 Å². The first-order chi connectivity index (χ1) is 13.8. The van der Waals surface area contributed by atoms with Crippen molar-refractivity contribution >= 4 is 45.9 Å². The van der Waals surface area contributed by atoms with Gasteiger partial charge in [0, 0.05) is 25.5 Å². The van der Waals surface area contributed by atoms with E-state index in [2.05, 4.69) is 0 Å². The molecule has 5 nitrogen and oxygen atoms in total. The maximum Gasteiger partial charge on any atom is 0.303 e. The lowest BCUT2D eigenvalue weighted by atomic mass is 10.1. The number of hydrogen-bond donors (Lipinski definition) is 1.